The van der Waals surface area contributed by atoms with Crippen molar-refractivity contribution in [2.75, 3.05) is 26.2 Å². The van der Waals surface area contributed by atoms with Crippen molar-refractivity contribution in [3.05, 3.63) is 59.7 Å². The van der Waals surface area contributed by atoms with Crippen molar-refractivity contribution in [2.24, 2.45) is 0 Å². The maximum Gasteiger partial charge on any atom is 0.0233 e. The van der Waals surface area contributed by atoms with E-state index in [4.69, 9.17) is 0 Å². The van der Waals surface area contributed by atoms with E-state index in [-0.39, 0.29) is 0 Å². The van der Waals surface area contributed by atoms with Crippen molar-refractivity contribution in [2.45, 2.75) is 63.4 Å². The average Bonchev–Trinajstić information content (AvgIpc) is 2.73. The summed E-state index contributed by atoms with van der Waals surface area (Å²) in [6.45, 7) is 15.7. The Bertz CT molecular complexity index is 596. The van der Waals surface area contributed by atoms with E-state index >= 15 is 0 Å². The molecule has 0 spiro atoms. The molecule has 2 nitrogen and oxygen atoms in total. The Kier molecular flexibility index (Phi) is 11.1. The molecular weight excluding hydrogens is 380 g/mol. The fourth-order valence-electron chi connectivity index (χ4n) is 3.24. The van der Waals surface area contributed by atoms with Crippen LogP contribution in [-0.2, 0) is 13.1 Å². The molecule has 0 saturated carbocycles. The Hall–Kier alpha value is -0.940. The monoisotopic (exact) mass is 416 g/mol. The Labute approximate surface area is 180 Å². The summed E-state index contributed by atoms with van der Waals surface area (Å²) in [5.41, 5.74) is 2.81. The summed E-state index contributed by atoms with van der Waals surface area (Å²) >= 11 is 0. The summed E-state index contributed by atoms with van der Waals surface area (Å²) in [7, 11) is 3.68. The molecule has 2 aromatic rings. The van der Waals surface area contributed by atoms with Crippen molar-refractivity contribution in [1.29, 1.82) is 0 Å². The lowest BCUT2D eigenvalue weighted by Crippen LogP contribution is -2.23. The van der Waals surface area contributed by atoms with Gasteiger partial charge in [0.05, 0.1) is 0 Å². The van der Waals surface area contributed by atoms with Crippen LogP contribution >= 0.6 is 21.6 Å². The van der Waals surface area contributed by atoms with Gasteiger partial charge < -0.3 is 0 Å². The molecule has 0 saturated heterocycles. The number of hydrogen-bond acceptors (Lipinski definition) is 4. The largest absolute Gasteiger partial charge is 0.299 e. The second-order valence-corrected chi connectivity index (χ2v) is 9.47. The van der Waals surface area contributed by atoms with Crippen molar-refractivity contribution in [1.82, 2.24) is 9.80 Å². The van der Waals surface area contributed by atoms with Crippen LogP contribution in [0.15, 0.2) is 58.3 Å². The van der Waals surface area contributed by atoms with Crippen LogP contribution in [0.3, 0.4) is 0 Å². The third kappa shape index (κ3) is 8.20. The molecule has 2 rings (SSSR count). The summed E-state index contributed by atoms with van der Waals surface area (Å²) in [5, 5.41) is 0. The average molecular weight is 417 g/mol. The highest BCUT2D eigenvalue weighted by Crippen LogP contribution is 2.37. The van der Waals surface area contributed by atoms with Gasteiger partial charge in [0.1, 0.15) is 0 Å². The van der Waals surface area contributed by atoms with Crippen molar-refractivity contribution >= 4 is 21.6 Å². The van der Waals surface area contributed by atoms with E-state index in [0.717, 1.165) is 26.2 Å². The summed E-state index contributed by atoms with van der Waals surface area (Å²) in [5.74, 6) is 0. The number of nitrogens with zero attached hydrogens (tertiary/aromatic N) is 2. The molecular formula is C24H36N2S2. The zero-order valence-corrected chi connectivity index (χ0v) is 19.6. The van der Waals surface area contributed by atoms with E-state index in [9.17, 15) is 0 Å². The maximum absolute atomic E-state index is 2.50. The lowest BCUT2D eigenvalue weighted by atomic mass is 10.2. The van der Waals surface area contributed by atoms with Crippen molar-refractivity contribution < 1.29 is 0 Å². The van der Waals surface area contributed by atoms with Gasteiger partial charge in [-0.05, 0) is 74.4 Å². The SMILES string of the molecule is CCCN(CC)Cc1ccc(SSc2ccc(CN(CC)CCC)cc2)cc1. The van der Waals surface area contributed by atoms with Gasteiger partial charge in [0.2, 0.25) is 0 Å². The highest BCUT2D eigenvalue weighted by Gasteiger charge is 2.05. The zero-order valence-electron chi connectivity index (χ0n) is 18.0. The first-order valence-corrected chi connectivity index (χ1v) is 12.8. The molecule has 28 heavy (non-hydrogen) atoms. The predicted molar refractivity (Wildman–Crippen MR) is 127 cm³/mol. The molecule has 0 aliphatic carbocycles. The van der Waals surface area contributed by atoms with E-state index in [0.29, 0.717) is 0 Å². The topological polar surface area (TPSA) is 6.48 Å². The maximum atomic E-state index is 2.50. The summed E-state index contributed by atoms with van der Waals surface area (Å²) in [4.78, 5) is 7.63. The second-order valence-electron chi connectivity index (χ2n) is 7.19. The van der Waals surface area contributed by atoms with E-state index in [1.807, 2.05) is 21.6 Å². The Morgan fingerprint density at radius 1 is 0.571 bits per heavy atom. The second kappa shape index (κ2) is 13.3. The molecule has 0 N–H and O–H groups in total. The smallest absolute Gasteiger partial charge is 0.0233 e. The molecule has 0 aromatic heterocycles. The Balaban J connectivity index is 1.83. The van der Waals surface area contributed by atoms with Crippen LogP contribution in [0.2, 0.25) is 0 Å². The van der Waals surface area contributed by atoms with Gasteiger partial charge in [-0.2, -0.15) is 0 Å². The van der Waals surface area contributed by atoms with Crippen LogP contribution in [0.1, 0.15) is 51.7 Å². The van der Waals surface area contributed by atoms with Gasteiger partial charge in [-0.25, -0.2) is 0 Å². The minimum atomic E-state index is 1.05. The third-order valence-corrected chi connectivity index (χ3v) is 7.28. The number of hydrogen-bond donors (Lipinski definition) is 0. The molecule has 0 atom stereocenters. The lowest BCUT2D eigenvalue weighted by Gasteiger charge is -2.19. The van der Waals surface area contributed by atoms with Crippen molar-refractivity contribution in [3.8, 4) is 0 Å². The predicted octanol–water partition coefficient (Wildman–Crippen LogP) is 6.95. The van der Waals surface area contributed by atoms with Gasteiger partial charge in [0.15, 0.2) is 0 Å². The molecule has 0 fully saturated rings. The van der Waals surface area contributed by atoms with Crippen molar-refractivity contribution in [3.63, 3.8) is 0 Å². The summed E-state index contributed by atoms with van der Waals surface area (Å²) < 4.78 is 0. The van der Waals surface area contributed by atoms with Crippen LogP contribution in [0.4, 0.5) is 0 Å². The van der Waals surface area contributed by atoms with E-state index in [1.54, 1.807) is 0 Å². The Morgan fingerprint density at radius 2 is 0.929 bits per heavy atom. The highest BCUT2D eigenvalue weighted by atomic mass is 33.1. The molecule has 2 aromatic carbocycles. The van der Waals surface area contributed by atoms with Gasteiger partial charge >= 0.3 is 0 Å². The number of rotatable bonds is 13. The van der Waals surface area contributed by atoms with E-state index in [2.05, 4.69) is 86.0 Å². The van der Waals surface area contributed by atoms with Crippen LogP contribution < -0.4 is 0 Å². The molecule has 0 unspecified atom stereocenters. The summed E-state index contributed by atoms with van der Waals surface area (Å²) in [6, 6.07) is 18.1. The Morgan fingerprint density at radius 3 is 1.21 bits per heavy atom. The molecule has 0 bridgehead atoms. The molecule has 0 aliphatic heterocycles. The zero-order chi connectivity index (χ0) is 20.2. The molecule has 0 amide bonds. The first-order valence-electron chi connectivity index (χ1n) is 10.7. The first-order chi connectivity index (χ1) is 13.7. The first kappa shape index (κ1) is 23.3. The minimum Gasteiger partial charge on any atom is -0.299 e. The number of benzene rings is 2. The van der Waals surface area contributed by atoms with Gasteiger partial charge in [0.25, 0.3) is 0 Å². The van der Waals surface area contributed by atoms with Gasteiger partial charge in [-0.15, -0.1) is 0 Å². The third-order valence-electron chi connectivity index (χ3n) is 4.87. The fourth-order valence-corrected chi connectivity index (χ4v) is 5.17. The van der Waals surface area contributed by atoms with Crippen LogP contribution in [0.5, 0.6) is 0 Å². The van der Waals surface area contributed by atoms with Crippen LogP contribution in [-0.4, -0.2) is 36.0 Å². The minimum absolute atomic E-state index is 1.05. The van der Waals surface area contributed by atoms with E-state index < -0.39 is 0 Å². The standard InChI is InChI=1S/C24H36N2S2/c1-5-17-25(7-3)19-21-9-13-23(14-10-21)27-28-24-15-11-22(12-16-24)20-26(8-4)18-6-2/h9-16H,5-8,17-20H2,1-4H3. The van der Waals surface area contributed by atoms with Crippen LogP contribution in [0.25, 0.3) is 0 Å². The molecule has 0 radical (unpaired) electrons. The van der Waals surface area contributed by atoms with Gasteiger partial charge in [0, 0.05) is 22.9 Å². The van der Waals surface area contributed by atoms with Gasteiger partial charge in [-0.1, -0.05) is 73.5 Å². The fraction of sp³-hybridized carbons (Fsp3) is 0.500. The lowest BCUT2D eigenvalue weighted by molar-refractivity contribution is 0.280. The quantitative estimate of drug-likeness (QED) is 0.326. The normalized spacial score (nSPS) is 11.5. The molecule has 0 aliphatic rings. The molecule has 154 valence electrons. The van der Waals surface area contributed by atoms with Crippen LogP contribution in [0, 0.1) is 0 Å². The highest BCUT2D eigenvalue weighted by molar-refractivity contribution is 8.76. The molecule has 4 heteroatoms. The molecule has 0 heterocycles. The van der Waals surface area contributed by atoms with Gasteiger partial charge in [-0.3, -0.25) is 9.80 Å². The summed E-state index contributed by atoms with van der Waals surface area (Å²) in [6.07, 6.45) is 2.43. The van der Waals surface area contributed by atoms with E-state index in [1.165, 1.54) is 46.8 Å².